The fraction of sp³-hybridized carbons (Fsp3) is 0.176. The molecule has 2 heterocycles. The third kappa shape index (κ3) is 2.67. The third-order valence-corrected chi connectivity index (χ3v) is 4.71. The number of para-hydroxylation sites is 1. The lowest BCUT2D eigenvalue weighted by Crippen LogP contribution is -2.13. The van der Waals surface area contributed by atoms with Crippen LogP contribution in [0.3, 0.4) is 0 Å². The molecule has 0 unspecified atom stereocenters. The van der Waals surface area contributed by atoms with Crippen LogP contribution in [0.2, 0.25) is 0 Å². The Morgan fingerprint density at radius 2 is 1.73 bits per heavy atom. The van der Waals surface area contributed by atoms with Gasteiger partial charge in [-0.15, -0.1) is 0 Å². The number of amides is 1. The summed E-state index contributed by atoms with van der Waals surface area (Å²) in [5, 5.41) is 3.82. The summed E-state index contributed by atoms with van der Waals surface area (Å²) in [5.41, 5.74) is 3.74. The average molecular weight is 311 g/mol. The third-order valence-electron chi connectivity index (χ3n) is 3.54. The van der Waals surface area contributed by atoms with Gasteiger partial charge in [-0.25, -0.2) is 4.98 Å². The minimum Gasteiger partial charge on any atom is -0.321 e. The monoisotopic (exact) mass is 311 g/mol. The molecule has 2 aromatic heterocycles. The van der Waals surface area contributed by atoms with Gasteiger partial charge in [0, 0.05) is 18.1 Å². The molecule has 22 heavy (non-hydrogen) atoms. The van der Waals surface area contributed by atoms with Gasteiger partial charge in [-0.2, -0.15) is 0 Å². The van der Waals surface area contributed by atoms with Crippen LogP contribution in [0, 0.1) is 20.8 Å². The minimum absolute atomic E-state index is 0.106. The van der Waals surface area contributed by atoms with Crippen LogP contribution in [0.25, 0.3) is 5.13 Å². The fourth-order valence-electron chi connectivity index (χ4n) is 2.35. The Kier molecular flexibility index (Phi) is 3.81. The van der Waals surface area contributed by atoms with E-state index in [1.165, 1.54) is 11.3 Å². The summed E-state index contributed by atoms with van der Waals surface area (Å²) in [6.45, 7) is 5.85. The maximum Gasteiger partial charge on any atom is 0.267 e. The maximum atomic E-state index is 12.6. The van der Waals surface area contributed by atoms with Crippen molar-refractivity contribution in [3.05, 3.63) is 64.4 Å². The van der Waals surface area contributed by atoms with Crippen molar-refractivity contribution in [3.8, 4) is 5.13 Å². The van der Waals surface area contributed by atoms with E-state index < -0.39 is 0 Å². The quantitative estimate of drug-likeness (QED) is 0.791. The standard InChI is InChI=1S/C17H17N3OS/c1-11-7-6-8-12(2)14(11)19-16(21)15-13(3)18-17(22-15)20-9-4-5-10-20/h4-10H,1-3H3,(H,19,21). The molecule has 1 aromatic carbocycles. The lowest BCUT2D eigenvalue weighted by atomic mass is 10.1. The van der Waals surface area contributed by atoms with Gasteiger partial charge in [-0.3, -0.25) is 4.79 Å². The number of benzene rings is 1. The molecule has 0 atom stereocenters. The zero-order valence-corrected chi connectivity index (χ0v) is 13.6. The highest BCUT2D eigenvalue weighted by atomic mass is 32.1. The first-order valence-electron chi connectivity index (χ1n) is 7.04. The van der Waals surface area contributed by atoms with Crippen LogP contribution in [0.1, 0.15) is 26.5 Å². The highest BCUT2D eigenvalue weighted by Gasteiger charge is 2.17. The van der Waals surface area contributed by atoms with Crippen LogP contribution in [0.15, 0.2) is 42.7 Å². The molecule has 0 radical (unpaired) electrons. The van der Waals surface area contributed by atoms with Crippen molar-refractivity contribution in [1.29, 1.82) is 0 Å². The number of nitrogens with zero attached hydrogens (tertiary/aromatic N) is 2. The normalized spacial score (nSPS) is 10.7. The van der Waals surface area contributed by atoms with E-state index in [4.69, 9.17) is 0 Å². The number of aromatic nitrogens is 2. The van der Waals surface area contributed by atoms with Crippen molar-refractivity contribution in [2.75, 3.05) is 5.32 Å². The van der Waals surface area contributed by atoms with E-state index in [1.54, 1.807) is 0 Å². The van der Waals surface area contributed by atoms with Gasteiger partial charge in [0.05, 0.1) is 5.69 Å². The van der Waals surface area contributed by atoms with Crippen LogP contribution >= 0.6 is 11.3 Å². The molecule has 1 N–H and O–H groups in total. The Morgan fingerprint density at radius 3 is 2.36 bits per heavy atom. The number of hydrogen-bond donors (Lipinski definition) is 1. The molecule has 0 aliphatic rings. The lowest BCUT2D eigenvalue weighted by molar-refractivity contribution is 0.102. The van der Waals surface area contributed by atoms with Crippen molar-refractivity contribution in [2.45, 2.75) is 20.8 Å². The smallest absolute Gasteiger partial charge is 0.267 e. The first-order valence-corrected chi connectivity index (χ1v) is 7.86. The SMILES string of the molecule is Cc1cccc(C)c1NC(=O)c1sc(-n2cccc2)nc1C. The topological polar surface area (TPSA) is 46.9 Å². The molecule has 0 bridgehead atoms. The summed E-state index contributed by atoms with van der Waals surface area (Å²) < 4.78 is 1.91. The highest BCUT2D eigenvalue weighted by molar-refractivity contribution is 7.16. The number of aryl methyl sites for hydroxylation is 3. The first-order chi connectivity index (χ1) is 10.6. The molecule has 5 heteroatoms. The second kappa shape index (κ2) is 5.77. The van der Waals surface area contributed by atoms with Gasteiger partial charge in [-0.1, -0.05) is 29.5 Å². The number of carbonyl (C=O) groups excluding carboxylic acids is 1. The predicted molar refractivity (Wildman–Crippen MR) is 90.0 cm³/mol. The summed E-state index contributed by atoms with van der Waals surface area (Å²) in [7, 11) is 0. The van der Waals surface area contributed by atoms with E-state index >= 15 is 0 Å². The Morgan fingerprint density at radius 1 is 1.09 bits per heavy atom. The summed E-state index contributed by atoms with van der Waals surface area (Å²) in [5.74, 6) is -0.106. The Hall–Kier alpha value is -2.40. The second-order valence-electron chi connectivity index (χ2n) is 5.22. The predicted octanol–water partition coefficient (Wildman–Crippen LogP) is 4.11. The van der Waals surface area contributed by atoms with Gasteiger partial charge < -0.3 is 9.88 Å². The summed E-state index contributed by atoms with van der Waals surface area (Å²) in [6.07, 6.45) is 3.84. The molecule has 1 amide bonds. The van der Waals surface area contributed by atoms with Crippen LogP contribution in [-0.4, -0.2) is 15.5 Å². The van der Waals surface area contributed by atoms with Gasteiger partial charge in [0.25, 0.3) is 5.91 Å². The average Bonchev–Trinajstić information content (AvgIpc) is 3.12. The second-order valence-corrected chi connectivity index (χ2v) is 6.20. The Labute approximate surface area is 133 Å². The van der Waals surface area contributed by atoms with Gasteiger partial charge in [-0.05, 0) is 44.0 Å². The minimum atomic E-state index is -0.106. The van der Waals surface area contributed by atoms with E-state index in [9.17, 15) is 4.79 Å². The molecule has 0 aliphatic carbocycles. The summed E-state index contributed by atoms with van der Waals surface area (Å²) in [6, 6.07) is 9.85. The van der Waals surface area contributed by atoms with Crippen LogP contribution in [0.4, 0.5) is 5.69 Å². The van der Waals surface area contributed by atoms with Gasteiger partial charge >= 0.3 is 0 Å². The molecular weight excluding hydrogens is 294 g/mol. The van der Waals surface area contributed by atoms with Crippen molar-refractivity contribution in [3.63, 3.8) is 0 Å². The van der Waals surface area contributed by atoms with Crippen molar-refractivity contribution >= 4 is 22.9 Å². The largest absolute Gasteiger partial charge is 0.321 e. The zero-order chi connectivity index (χ0) is 15.7. The number of nitrogens with one attached hydrogen (secondary N) is 1. The molecule has 112 valence electrons. The first kappa shape index (κ1) is 14.5. The van der Waals surface area contributed by atoms with E-state index in [0.29, 0.717) is 4.88 Å². The zero-order valence-electron chi connectivity index (χ0n) is 12.8. The van der Waals surface area contributed by atoms with Crippen molar-refractivity contribution in [2.24, 2.45) is 0 Å². The fourth-order valence-corrected chi connectivity index (χ4v) is 3.28. The Balaban J connectivity index is 1.90. The maximum absolute atomic E-state index is 12.6. The molecule has 3 aromatic rings. The molecule has 0 fully saturated rings. The molecule has 0 spiro atoms. The number of rotatable bonds is 3. The molecule has 0 aliphatic heterocycles. The number of thiazole rings is 1. The van der Waals surface area contributed by atoms with Crippen molar-refractivity contribution in [1.82, 2.24) is 9.55 Å². The molecule has 0 saturated heterocycles. The van der Waals surface area contributed by atoms with Gasteiger partial charge in [0.1, 0.15) is 4.88 Å². The highest BCUT2D eigenvalue weighted by Crippen LogP contribution is 2.25. The number of hydrogen-bond acceptors (Lipinski definition) is 3. The van der Waals surface area contributed by atoms with E-state index in [-0.39, 0.29) is 5.91 Å². The molecule has 4 nitrogen and oxygen atoms in total. The number of anilines is 1. The van der Waals surface area contributed by atoms with E-state index in [1.807, 2.05) is 68.1 Å². The summed E-state index contributed by atoms with van der Waals surface area (Å²) in [4.78, 5) is 17.7. The number of carbonyl (C=O) groups is 1. The lowest BCUT2D eigenvalue weighted by Gasteiger charge is -2.10. The summed E-state index contributed by atoms with van der Waals surface area (Å²) >= 11 is 1.40. The van der Waals surface area contributed by atoms with Crippen LogP contribution in [-0.2, 0) is 0 Å². The molecule has 0 saturated carbocycles. The van der Waals surface area contributed by atoms with E-state index in [2.05, 4.69) is 10.3 Å². The van der Waals surface area contributed by atoms with Crippen molar-refractivity contribution < 1.29 is 4.79 Å². The van der Waals surface area contributed by atoms with E-state index in [0.717, 1.165) is 27.6 Å². The Bertz CT molecular complexity index is 798. The van der Waals surface area contributed by atoms with Crippen LogP contribution < -0.4 is 5.32 Å². The van der Waals surface area contributed by atoms with Gasteiger partial charge in [0.15, 0.2) is 5.13 Å². The van der Waals surface area contributed by atoms with Crippen LogP contribution in [0.5, 0.6) is 0 Å². The molecule has 3 rings (SSSR count). The molecular formula is C17H17N3OS. The van der Waals surface area contributed by atoms with Gasteiger partial charge in [0.2, 0.25) is 0 Å².